The molecule has 0 atom stereocenters. The minimum Gasteiger partial charge on any atom is -0.388 e. The topological polar surface area (TPSA) is 78.4 Å². The van der Waals surface area contributed by atoms with E-state index >= 15 is 0 Å². The van der Waals surface area contributed by atoms with Crippen molar-refractivity contribution in [3.05, 3.63) is 29.8 Å². The first-order valence-electron chi connectivity index (χ1n) is 6.94. The minimum atomic E-state index is -0.757. The van der Waals surface area contributed by atoms with Gasteiger partial charge in [-0.1, -0.05) is 19.3 Å². The van der Waals surface area contributed by atoms with E-state index in [-0.39, 0.29) is 5.91 Å². The number of rotatable bonds is 5. The van der Waals surface area contributed by atoms with E-state index in [1.807, 2.05) is 0 Å². The van der Waals surface area contributed by atoms with Gasteiger partial charge in [0.05, 0.1) is 5.60 Å². The summed E-state index contributed by atoms with van der Waals surface area (Å²) in [5.74, 6) is -0.207. The Bertz CT molecular complexity index is 465. The molecule has 1 aromatic rings. The number of carbonyl (C=O) groups is 2. The zero-order valence-electron chi connectivity index (χ0n) is 11.4. The Balaban J connectivity index is 1.89. The van der Waals surface area contributed by atoms with Crippen LogP contribution in [-0.4, -0.2) is 29.6 Å². The highest BCUT2D eigenvalue weighted by Crippen LogP contribution is 2.27. The van der Waals surface area contributed by atoms with Crippen molar-refractivity contribution in [1.29, 1.82) is 0 Å². The fraction of sp³-hybridized carbons (Fsp3) is 0.467. The summed E-state index contributed by atoms with van der Waals surface area (Å²) in [5.41, 5.74) is 0.399. The van der Waals surface area contributed by atoms with Gasteiger partial charge in [0.1, 0.15) is 0 Å². The first-order valence-corrected chi connectivity index (χ1v) is 6.94. The molecule has 1 fully saturated rings. The Morgan fingerprint density at radius 3 is 2.45 bits per heavy atom. The second-order valence-corrected chi connectivity index (χ2v) is 5.31. The maximum Gasteiger partial charge on any atom is 0.251 e. The zero-order valence-corrected chi connectivity index (χ0v) is 11.4. The summed E-state index contributed by atoms with van der Waals surface area (Å²) >= 11 is 0. The molecule has 0 heterocycles. The average Bonchev–Trinajstić information content (AvgIpc) is 2.47. The van der Waals surface area contributed by atoms with Gasteiger partial charge in [-0.15, -0.1) is 0 Å². The van der Waals surface area contributed by atoms with Crippen molar-refractivity contribution < 1.29 is 14.7 Å². The van der Waals surface area contributed by atoms with Gasteiger partial charge in [0.25, 0.3) is 5.91 Å². The third-order valence-electron chi connectivity index (χ3n) is 3.73. The highest BCUT2D eigenvalue weighted by Gasteiger charge is 2.29. The van der Waals surface area contributed by atoms with Gasteiger partial charge in [-0.05, 0) is 37.1 Å². The van der Waals surface area contributed by atoms with E-state index in [1.54, 1.807) is 24.3 Å². The van der Waals surface area contributed by atoms with E-state index < -0.39 is 5.60 Å². The van der Waals surface area contributed by atoms with E-state index in [9.17, 15) is 14.7 Å². The Hall–Kier alpha value is -1.88. The van der Waals surface area contributed by atoms with E-state index in [4.69, 9.17) is 0 Å². The van der Waals surface area contributed by atoms with Crippen LogP contribution in [0.1, 0.15) is 42.5 Å². The van der Waals surface area contributed by atoms with Crippen LogP contribution in [0.3, 0.4) is 0 Å². The molecular weight excluding hydrogens is 256 g/mol. The van der Waals surface area contributed by atoms with E-state index in [0.29, 0.717) is 24.2 Å². The SMILES string of the molecule is O=CNc1ccc(C(=O)NCC2(O)CCCCC2)cc1. The summed E-state index contributed by atoms with van der Waals surface area (Å²) < 4.78 is 0. The van der Waals surface area contributed by atoms with Crippen LogP contribution in [0.5, 0.6) is 0 Å². The molecule has 108 valence electrons. The summed E-state index contributed by atoms with van der Waals surface area (Å²) in [7, 11) is 0. The van der Waals surface area contributed by atoms with E-state index in [2.05, 4.69) is 10.6 Å². The second kappa shape index (κ2) is 6.52. The lowest BCUT2D eigenvalue weighted by Gasteiger charge is -2.32. The number of amides is 2. The third kappa shape index (κ3) is 3.81. The van der Waals surface area contributed by atoms with E-state index in [0.717, 1.165) is 32.1 Å². The molecule has 2 rings (SSSR count). The molecule has 0 aromatic heterocycles. The average molecular weight is 276 g/mol. The second-order valence-electron chi connectivity index (χ2n) is 5.31. The summed E-state index contributed by atoms with van der Waals surface area (Å²) in [6.07, 6.45) is 5.26. The number of hydrogen-bond acceptors (Lipinski definition) is 3. The summed E-state index contributed by atoms with van der Waals surface area (Å²) in [5, 5.41) is 15.6. The number of benzene rings is 1. The van der Waals surface area contributed by atoms with Crippen LogP contribution in [-0.2, 0) is 4.79 Å². The maximum atomic E-state index is 12.0. The molecule has 1 saturated carbocycles. The largest absolute Gasteiger partial charge is 0.388 e. The van der Waals surface area contributed by atoms with Crippen molar-refractivity contribution in [2.24, 2.45) is 0 Å². The van der Waals surface area contributed by atoms with Gasteiger partial charge in [-0.3, -0.25) is 9.59 Å². The molecule has 0 spiro atoms. The Labute approximate surface area is 118 Å². The molecule has 0 bridgehead atoms. The Morgan fingerprint density at radius 2 is 1.85 bits per heavy atom. The highest BCUT2D eigenvalue weighted by atomic mass is 16.3. The molecule has 3 N–H and O–H groups in total. The van der Waals surface area contributed by atoms with Gasteiger partial charge in [0.2, 0.25) is 6.41 Å². The molecule has 1 aromatic carbocycles. The number of anilines is 1. The van der Waals surface area contributed by atoms with Crippen molar-refractivity contribution in [1.82, 2.24) is 5.32 Å². The molecule has 0 unspecified atom stereocenters. The smallest absolute Gasteiger partial charge is 0.251 e. The molecule has 0 aliphatic heterocycles. The Morgan fingerprint density at radius 1 is 1.20 bits per heavy atom. The van der Waals surface area contributed by atoms with Gasteiger partial charge in [-0.25, -0.2) is 0 Å². The van der Waals surface area contributed by atoms with Gasteiger partial charge >= 0.3 is 0 Å². The molecule has 5 nitrogen and oxygen atoms in total. The van der Waals surface area contributed by atoms with Gasteiger partial charge in [0, 0.05) is 17.8 Å². The monoisotopic (exact) mass is 276 g/mol. The molecule has 1 aliphatic carbocycles. The fourth-order valence-corrected chi connectivity index (χ4v) is 2.52. The van der Waals surface area contributed by atoms with Gasteiger partial charge < -0.3 is 15.7 Å². The van der Waals surface area contributed by atoms with Crippen LogP contribution >= 0.6 is 0 Å². The van der Waals surface area contributed by atoms with Crippen LogP contribution in [0, 0.1) is 0 Å². The van der Waals surface area contributed by atoms with Crippen LogP contribution in [0.25, 0.3) is 0 Å². The van der Waals surface area contributed by atoms with Crippen LogP contribution in [0.15, 0.2) is 24.3 Å². The van der Waals surface area contributed by atoms with Crippen molar-refractivity contribution in [2.45, 2.75) is 37.7 Å². The molecule has 2 amide bonds. The molecule has 20 heavy (non-hydrogen) atoms. The predicted octanol–water partition coefficient (Wildman–Crippen LogP) is 1.68. The Kier molecular flexibility index (Phi) is 4.74. The summed E-state index contributed by atoms with van der Waals surface area (Å²) in [4.78, 5) is 22.3. The summed E-state index contributed by atoms with van der Waals surface area (Å²) in [6.45, 7) is 0.292. The van der Waals surface area contributed by atoms with Crippen molar-refractivity contribution in [3.8, 4) is 0 Å². The van der Waals surface area contributed by atoms with Crippen molar-refractivity contribution in [3.63, 3.8) is 0 Å². The highest BCUT2D eigenvalue weighted by molar-refractivity contribution is 5.94. The number of carbonyl (C=O) groups excluding carboxylic acids is 2. The standard InChI is InChI=1S/C15H20N2O3/c18-11-17-13-6-4-12(5-7-13)14(19)16-10-15(20)8-2-1-3-9-15/h4-7,11,20H,1-3,8-10H2,(H,16,19)(H,17,18). The zero-order chi connectivity index (χ0) is 14.4. The fourth-order valence-electron chi connectivity index (χ4n) is 2.52. The lowest BCUT2D eigenvalue weighted by Crippen LogP contribution is -2.44. The lowest BCUT2D eigenvalue weighted by atomic mass is 9.85. The predicted molar refractivity (Wildman–Crippen MR) is 76.5 cm³/mol. The lowest BCUT2D eigenvalue weighted by molar-refractivity contribution is -0.105. The number of aliphatic hydroxyl groups is 1. The molecule has 0 radical (unpaired) electrons. The van der Waals surface area contributed by atoms with Crippen LogP contribution in [0.2, 0.25) is 0 Å². The number of nitrogens with one attached hydrogen (secondary N) is 2. The van der Waals surface area contributed by atoms with Gasteiger partial charge in [-0.2, -0.15) is 0 Å². The first kappa shape index (κ1) is 14.5. The quantitative estimate of drug-likeness (QED) is 0.716. The maximum absolute atomic E-state index is 12.0. The number of hydrogen-bond donors (Lipinski definition) is 3. The normalized spacial score (nSPS) is 17.2. The van der Waals surface area contributed by atoms with Crippen LogP contribution in [0.4, 0.5) is 5.69 Å². The van der Waals surface area contributed by atoms with Crippen LogP contribution < -0.4 is 10.6 Å². The first-order chi connectivity index (χ1) is 9.63. The van der Waals surface area contributed by atoms with Crippen molar-refractivity contribution in [2.75, 3.05) is 11.9 Å². The van der Waals surface area contributed by atoms with E-state index in [1.165, 1.54) is 0 Å². The molecule has 1 aliphatic rings. The minimum absolute atomic E-state index is 0.207. The molecule has 5 heteroatoms. The summed E-state index contributed by atoms with van der Waals surface area (Å²) in [6, 6.07) is 6.62. The molecule has 0 saturated heterocycles. The van der Waals surface area contributed by atoms with Gasteiger partial charge in [0.15, 0.2) is 0 Å². The third-order valence-corrected chi connectivity index (χ3v) is 3.73. The molecular formula is C15H20N2O3. The van der Waals surface area contributed by atoms with Crippen molar-refractivity contribution >= 4 is 18.0 Å².